The van der Waals surface area contributed by atoms with E-state index in [2.05, 4.69) is 27.7 Å². The van der Waals surface area contributed by atoms with Crippen molar-refractivity contribution in [1.29, 1.82) is 0 Å². The first kappa shape index (κ1) is 13.4. The second-order valence-electron chi connectivity index (χ2n) is 6.19. The minimum atomic E-state index is -0.314. The molecule has 0 atom stereocenters. The van der Waals surface area contributed by atoms with Gasteiger partial charge in [0.15, 0.2) is 6.29 Å². The maximum Gasteiger partial charge on any atom is 0.185 e. The van der Waals surface area contributed by atoms with E-state index < -0.39 is 0 Å². The molecule has 0 amide bonds. The largest absolute Gasteiger partial charge is 0.464 e. The molecule has 0 saturated carbocycles. The highest BCUT2D eigenvalue weighted by Crippen LogP contribution is 2.44. The quantitative estimate of drug-likeness (QED) is 0.803. The predicted molar refractivity (Wildman–Crippen MR) is 77.2 cm³/mol. The topological polar surface area (TPSA) is 31.6 Å². The Morgan fingerprint density at radius 1 is 0.850 bits per heavy atom. The molecule has 3 rings (SSSR count). The number of furan rings is 1. The van der Waals surface area contributed by atoms with Crippen molar-refractivity contribution in [2.75, 3.05) is 0 Å². The van der Waals surface area contributed by atoms with E-state index in [4.69, 9.17) is 13.9 Å². The average molecular weight is 272 g/mol. The molecule has 0 bridgehead atoms. The van der Waals surface area contributed by atoms with Gasteiger partial charge in [0, 0.05) is 11.1 Å². The lowest BCUT2D eigenvalue weighted by molar-refractivity contribution is -0.0895. The zero-order chi connectivity index (χ0) is 14.4. The highest BCUT2D eigenvalue weighted by molar-refractivity contribution is 5.57. The third-order valence-corrected chi connectivity index (χ3v) is 4.24. The van der Waals surface area contributed by atoms with Crippen molar-refractivity contribution in [2.45, 2.75) is 45.2 Å². The number of benzene rings is 1. The van der Waals surface area contributed by atoms with E-state index in [1.807, 2.05) is 36.4 Å². The number of hydrogen-bond acceptors (Lipinski definition) is 3. The van der Waals surface area contributed by atoms with Crippen LogP contribution in [0.2, 0.25) is 0 Å². The van der Waals surface area contributed by atoms with Gasteiger partial charge in [-0.2, -0.15) is 0 Å². The molecule has 0 N–H and O–H groups in total. The third-order valence-electron chi connectivity index (χ3n) is 4.24. The van der Waals surface area contributed by atoms with E-state index in [0.29, 0.717) is 0 Å². The van der Waals surface area contributed by atoms with Gasteiger partial charge in [-0.25, -0.2) is 0 Å². The molecule has 3 nitrogen and oxygen atoms in total. The summed E-state index contributed by atoms with van der Waals surface area (Å²) in [6.45, 7) is 8.24. The zero-order valence-electron chi connectivity index (χ0n) is 12.3. The second-order valence-corrected chi connectivity index (χ2v) is 6.19. The first-order valence-corrected chi connectivity index (χ1v) is 6.88. The van der Waals surface area contributed by atoms with Gasteiger partial charge in [0.25, 0.3) is 0 Å². The van der Waals surface area contributed by atoms with Crippen molar-refractivity contribution in [3.05, 3.63) is 48.2 Å². The Labute approximate surface area is 119 Å². The van der Waals surface area contributed by atoms with Crippen molar-refractivity contribution >= 4 is 0 Å². The fourth-order valence-electron chi connectivity index (χ4n) is 2.23. The first-order valence-electron chi connectivity index (χ1n) is 6.88. The van der Waals surface area contributed by atoms with Gasteiger partial charge in [-0.1, -0.05) is 24.3 Å². The monoisotopic (exact) mass is 272 g/mol. The van der Waals surface area contributed by atoms with Crippen LogP contribution in [0.1, 0.15) is 39.5 Å². The molecule has 2 aromatic rings. The molecule has 0 unspecified atom stereocenters. The molecule has 0 spiro atoms. The van der Waals surface area contributed by atoms with Crippen molar-refractivity contribution < 1.29 is 13.9 Å². The van der Waals surface area contributed by atoms with E-state index in [9.17, 15) is 0 Å². The molecular weight excluding hydrogens is 252 g/mol. The Kier molecular flexibility index (Phi) is 3.00. The summed E-state index contributed by atoms with van der Waals surface area (Å²) < 4.78 is 17.5. The maximum atomic E-state index is 6.04. The first-order chi connectivity index (χ1) is 9.39. The van der Waals surface area contributed by atoms with E-state index >= 15 is 0 Å². The molecule has 1 aliphatic heterocycles. The minimum absolute atomic E-state index is 0.308. The van der Waals surface area contributed by atoms with Gasteiger partial charge >= 0.3 is 0 Å². The number of rotatable bonds is 2. The van der Waals surface area contributed by atoms with Gasteiger partial charge in [0.05, 0.1) is 17.5 Å². The normalized spacial score (nSPS) is 21.2. The van der Waals surface area contributed by atoms with Crippen LogP contribution in [-0.4, -0.2) is 11.2 Å². The number of hydrogen-bond donors (Lipinski definition) is 0. The smallest absolute Gasteiger partial charge is 0.185 e. The molecule has 106 valence electrons. The molecule has 2 heterocycles. The van der Waals surface area contributed by atoms with Crippen LogP contribution >= 0.6 is 0 Å². The summed E-state index contributed by atoms with van der Waals surface area (Å²) in [5.41, 5.74) is 1.46. The van der Waals surface area contributed by atoms with Crippen molar-refractivity contribution in [3.63, 3.8) is 0 Å². The number of ether oxygens (including phenoxy) is 2. The van der Waals surface area contributed by atoms with Gasteiger partial charge < -0.3 is 13.9 Å². The summed E-state index contributed by atoms with van der Waals surface area (Å²) in [6.07, 6.45) is 1.36. The summed E-state index contributed by atoms with van der Waals surface area (Å²) in [6, 6.07) is 11.9. The van der Waals surface area contributed by atoms with Crippen LogP contribution in [0.3, 0.4) is 0 Å². The molecule has 1 fully saturated rings. The summed E-state index contributed by atoms with van der Waals surface area (Å²) in [5, 5.41) is 0. The Bertz CT molecular complexity index is 563. The molecule has 1 aliphatic rings. The molecule has 1 aromatic carbocycles. The lowest BCUT2D eigenvalue weighted by Gasteiger charge is -2.30. The SMILES string of the molecule is CC1(C)OC(c2ccc(-c3ccco3)cc2)OC1(C)C. The van der Waals surface area contributed by atoms with Gasteiger partial charge in [-0.15, -0.1) is 0 Å². The second kappa shape index (κ2) is 4.47. The molecule has 20 heavy (non-hydrogen) atoms. The van der Waals surface area contributed by atoms with Crippen LogP contribution in [0.25, 0.3) is 11.3 Å². The summed E-state index contributed by atoms with van der Waals surface area (Å²) in [5.74, 6) is 0.866. The molecule has 1 saturated heterocycles. The van der Waals surface area contributed by atoms with Crippen LogP contribution < -0.4 is 0 Å². The maximum absolute atomic E-state index is 6.04. The highest BCUT2D eigenvalue weighted by atomic mass is 16.7. The minimum Gasteiger partial charge on any atom is -0.464 e. The van der Waals surface area contributed by atoms with E-state index in [0.717, 1.165) is 16.9 Å². The van der Waals surface area contributed by atoms with Crippen LogP contribution in [-0.2, 0) is 9.47 Å². The van der Waals surface area contributed by atoms with Crippen LogP contribution in [0.15, 0.2) is 47.1 Å². The summed E-state index contributed by atoms with van der Waals surface area (Å²) in [4.78, 5) is 0. The molecule has 0 aliphatic carbocycles. The highest BCUT2D eigenvalue weighted by Gasteiger charge is 2.49. The Balaban J connectivity index is 1.83. The Morgan fingerprint density at radius 2 is 1.45 bits per heavy atom. The van der Waals surface area contributed by atoms with Crippen molar-refractivity contribution in [1.82, 2.24) is 0 Å². The standard InChI is InChI=1S/C17H20O3/c1-16(2)17(3,4)20-15(19-16)13-9-7-12(8-10-13)14-6-5-11-18-14/h5-11,15H,1-4H3. The van der Waals surface area contributed by atoms with Gasteiger partial charge in [0.1, 0.15) is 5.76 Å². The molecule has 1 aromatic heterocycles. The predicted octanol–water partition coefficient (Wildman–Crippen LogP) is 4.55. The van der Waals surface area contributed by atoms with E-state index in [1.54, 1.807) is 6.26 Å². The third kappa shape index (κ3) is 2.17. The fraction of sp³-hybridized carbons (Fsp3) is 0.412. The van der Waals surface area contributed by atoms with Gasteiger partial charge in [0.2, 0.25) is 0 Å². The van der Waals surface area contributed by atoms with Crippen LogP contribution in [0.5, 0.6) is 0 Å². The Morgan fingerprint density at radius 3 is 1.95 bits per heavy atom. The summed E-state index contributed by atoms with van der Waals surface area (Å²) >= 11 is 0. The van der Waals surface area contributed by atoms with E-state index in [-0.39, 0.29) is 17.5 Å². The Hall–Kier alpha value is -1.58. The molecular formula is C17H20O3. The van der Waals surface area contributed by atoms with Gasteiger partial charge in [-0.3, -0.25) is 0 Å². The zero-order valence-corrected chi connectivity index (χ0v) is 12.3. The van der Waals surface area contributed by atoms with E-state index in [1.165, 1.54) is 0 Å². The fourth-order valence-corrected chi connectivity index (χ4v) is 2.23. The van der Waals surface area contributed by atoms with Crippen molar-refractivity contribution in [3.8, 4) is 11.3 Å². The van der Waals surface area contributed by atoms with Gasteiger partial charge in [-0.05, 0) is 39.8 Å². The molecule has 0 radical (unpaired) electrons. The lowest BCUT2D eigenvalue weighted by atomic mass is 9.90. The molecule has 3 heteroatoms. The van der Waals surface area contributed by atoms with Crippen LogP contribution in [0.4, 0.5) is 0 Å². The summed E-state index contributed by atoms with van der Waals surface area (Å²) in [7, 11) is 0. The van der Waals surface area contributed by atoms with Crippen LogP contribution in [0, 0.1) is 0 Å². The van der Waals surface area contributed by atoms with Crippen molar-refractivity contribution in [2.24, 2.45) is 0 Å². The lowest BCUT2D eigenvalue weighted by Crippen LogP contribution is -2.41. The average Bonchev–Trinajstić information content (AvgIpc) is 2.97.